The average Bonchev–Trinajstić information content (AvgIpc) is 2.10. The molecule has 1 aromatic rings. The highest BCUT2D eigenvalue weighted by molar-refractivity contribution is 5.36. The second kappa shape index (κ2) is 3.66. The number of nitrogens with zero attached hydrogens (tertiary/aromatic N) is 1. The molecule has 0 saturated heterocycles. The van der Waals surface area contributed by atoms with Crippen LogP contribution >= 0.6 is 0 Å². The first-order valence-corrected chi connectivity index (χ1v) is 4.85. The molecular formula is C10H18N4O. The van der Waals surface area contributed by atoms with Gasteiger partial charge in [0.15, 0.2) is 0 Å². The number of rotatable bonds is 1. The number of aromatic amines is 1. The van der Waals surface area contributed by atoms with Crippen LogP contribution in [0, 0.1) is 12.3 Å². The standard InChI is InChI=1S/C10H18N4O/c1-5-7(12)13-8(14-9(5)15)6(11)10(2,3)4/h6H,11H2,1-4H3,(H3,12,13,14,15). The smallest absolute Gasteiger partial charge is 0.255 e. The van der Waals surface area contributed by atoms with E-state index in [2.05, 4.69) is 9.97 Å². The fourth-order valence-corrected chi connectivity index (χ4v) is 1.13. The highest BCUT2D eigenvalue weighted by Gasteiger charge is 2.25. The Morgan fingerprint density at radius 3 is 2.33 bits per heavy atom. The highest BCUT2D eigenvalue weighted by Crippen LogP contribution is 2.28. The lowest BCUT2D eigenvalue weighted by atomic mass is 9.87. The van der Waals surface area contributed by atoms with Crippen LogP contribution < -0.4 is 17.0 Å². The van der Waals surface area contributed by atoms with Crippen LogP contribution in [0.25, 0.3) is 0 Å². The molecular weight excluding hydrogens is 192 g/mol. The van der Waals surface area contributed by atoms with Gasteiger partial charge in [-0.1, -0.05) is 20.8 Å². The number of anilines is 1. The summed E-state index contributed by atoms with van der Waals surface area (Å²) in [5.74, 6) is 0.684. The average molecular weight is 210 g/mol. The van der Waals surface area contributed by atoms with Crippen molar-refractivity contribution >= 4 is 5.82 Å². The third-order valence-corrected chi connectivity index (χ3v) is 2.43. The minimum absolute atomic E-state index is 0.169. The third kappa shape index (κ3) is 2.36. The van der Waals surface area contributed by atoms with Gasteiger partial charge in [0, 0.05) is 0 Å². The number of hydrogen-bond acceptors (Lipinski definition) is 4. The molecule has 0 aliphatic rings. The van der Waals surface area contributed by atoms with Gasteiger partial charge in [0.1, 0.15) is 11.6 Å². The van der Waals surface area contributed by atoms with Crippen molar-refractivity contribution in [1.29, 1.82) is 0 Å². The quantitative estimate of drug-likeness (QED) is 0.635. The van der Waals surface area contributed by atoms with Crippen molar-refractivity contribution in [3.8, 4) is 0 Å². The first-order valence-electron chi connectivity index (χ1n) is 4.85. The Kier molecular flexibility index (Phi) is 2.86. The van der Waals surface area contributed by atoms with Crippen molar-refractivity contribution < 1.29 is 0 Å². The summed E-state index contributed by atoms with van der Waals surface area (Å²) in [7, 11) is 0. The maximum atomic E-state index is 11.5. The van der Waals surface area contributed by atoms with E-state index in [0.717, 1.165) is 0 Å². The number of hydrogen-bond donors (Lipinski definition) is 3. The van der Waals surface area contributed by atoms with Gasteiger partial charge in [-0.2, -0.15) is 0 Å². The number of nitrogens with two attached hydrogens (primary N) is 2. The third-order valence-electron chi connectivity index (χ3n) is 2.43. The van der Waals surface area contributed by atoms with Gasteiger partial charge in [0.05, 0.1) is 11.6 Å². The summed E-state index contributed by atoms with van der Waals surface area (Å²) in [5, 5.41) is 0. The summed E-state index contributed by atoms with van der Waals surface area (Å²) in [6.07, 6.45) is 0. The molecule has 15 heavy (non-hydrogen) atoms. The molecule has 0 fully saturated rings. The van der Waals surface area contributed by atoms with Crippen LogP contribution in [0.3, 0.4) is 0 Å². The molecule has 0 amide bonds. The Labute approximate surface area is 88.9 Å². The normalized spacial score (nSPS) is 13.9. The van der Waals surface area contributed by atoms with Gasteiger partial charge in [-0.05, 0) is 12.3 Å². The Hall–Kier alpha value is -1.36. The van der Waals surface area contributed by atoms with Gasteiger partial charge in [-0.15, -0.1) is 0 Å². The van der Waals surface area contributed by atoms with E-state index in [1.54, 1.807) is 6.92 Å². The van der Waals surface area contributed by atoms with Gasteiger partial charge in [-0.25, -0.2) is 4.98 Å². The molecule has 1 heterocycles. The Bertz CT molecular complexity index is 416. The van der Waals surface area contributed by atoms with E-state index in [4.69, 9.17) is 11.5 Å². The van der Waals surface area contributed by atoms with Crippen LogP contribution in [0.1, 0.15) is 38.2 Å². The summed E-state index contributed by atoms with van der Waals surface area (Å²) >= 11 is 0. The molecule has 84 valence electrons. The zero-order chi connectivity index (χ0) is 11.8. The van der Waals surface area contributed by atoms with Crippen molar-refractivity contribution in [2.24, 2.45) is 11.1 Å². The van der Waals surface area contributed by atoms with Crippen LogP contribution in [-0.4, -0.2) is 9.97 Å². The van der Waals surface area contributed by atoms with Gasteiger partial charge >= 0.3 is 0 Å². The molecule has 0 aliphatic carbocycles. The van der Waals surface area contributed by atoms with E-state index in [9.17, 15) is 4.79 Å². The summed E-state index contributed by atoms with van der Waals surface area (Å²) < 4.78 is 0. The predicted molar refractivity (Wildman–Crippen MR) is 60.4 cm³/mol. The number of aromatic nitrogens is 2. The summed E-state index contributed by atoms with van der Waals surface area (Å²) in [4.78, 5) is 18.2. The van der Waals surface area contributed by atoms with Crippen LogP contribution in [0.5, 0.6) is 0 Å². The Balaban J connectivity index is 3.24. The minimum atomic E-state index is -0.340. The lowest BCUT2D eigenvalue weighted by molar-refractivity contribution is 0.315. The fraction of sp³-hybridized carbons (Fsp3) is 0.600. The number of H-pyrrole nitrogens is 1. The molecule has 0 aromatic carbocycles. The van der Waals surface area contributed by atoms with E-state index >= 15 is 0 Å². The molecule has 1 rings (SSSR count). The van der Waals surface area contributed by atoms with Crippen molar-refractivity contribution in [2.75, 3.05) is 5.73 Å². The van der Waals surface area contributed by atoms with Gasteiger partial charge in [0.2, 0.25) is 0 Å². The zero-order valence-electron chi connectivity index (χ0n) is 9.59. The molecule has 0 radical (unpaired) electrons. The number of nitrogens with one attached hydrogen (secondary N) is 1. The molecule has 0 bridgehead atoms. The molecule has 1 unspecified atom stereocenters. The maximum Gasteiger partial charge on any atom is 0.255 e. The molecule has 0 aliphatic heterocycles. The minimum Gasteiger partial charge on any atom is -0.383 e. The predicted octanol–water partition coefficient (Wildman–Crippen LogP) is 0.706. The Morgan fingerprint density at radius 1 is 1.40 bits per heavy atom. The topological polar surface area (TPSA) is 97.8 Å². The maximum absolute atomic E-state index is 11.5. The summed E-state index contributed by atoms with van der Waals surface area (Å²) in [6, 6.07) is -0.340. The fourth-order valence-electron chi connectivity index (χ4n) is 1.13. The van der Waals surface area contributed by atoms with Crippen LogP contribution in [0.15, 0.2) is 4.79 Å². The van der Waals surface area contributed by atoms with Gasteiger partial charge in [-0.3, -0.25) is 4.79 Å². The lowest BCUT2D eigenvalue weighted by Crippen LogP contribution is -2.31. The SMILES string of the molecule is Cc1c(N)nc(C(N)C(C)(C)C)[nH]c1=O. The molecule has 1 aromatic heterocycles. The first kappa shape index (κ1) is 11.7. The van der Waals surface area contributed by atoms with E-state index < -0.39 is 0 Å². The van der Waals surface area contributed by atoms with Crippen molar-refractivity contribution in [1.82, 2.24) is 9.97 Å². The van der Waals surface area contributed by atoms with Gasteiger partial charge < -0.3 is 16.5 Å². The van der Waals surface area contributed by atoms with Crippen molar-refractivity contribution in [3.05, 3.63) is 21.7 Å². The molecule has 5 nitrogen and oxygen atoms in total. The van der Waals surface area contributed by atoms with Crippen molar-refractivity contribution in [2.45, 2.75) is 33.7 Å². The van der Waals surface area contributed by atoms with Crippen molar-refractivity contribution in [3.63, 3.8) is 0 Å². The van der Waals surface area contributed by atoms with Gasteiger partial charge in [0.25, 0.3) is 5.56 Å². The second-order valence-corrected chi connectivity index (χ2v) is 4.81. The molecule has 1 atom stereocenters. The Morgan fingerprint density at radius 2 is 1.93 bits per heavy atom. The monoisotopic (exact) mass is 210 g/mol. The van der Waals surface area contributed by atoms with Crippen LogP contribution in [0.2, 0.25) is 0 Å². The summed E-state index contributed by atoms with van der Waals surface area (Å²) in [6.45, 7) is 7.57. The van der Waals surface area contributed by atoms with E-state index in [1.165, 1.54) is 0 Å². The van der Waals surface area contributed by atoms with Crippen LogP contribution in [0.4, 0.5) is 5.82 Å². The summed E-state index contributed by atoms with van der Waals surface area (Å²) in [5.41, 5.74) is 11.6. The largest absolute Gasteiger partial charge is 0.383 e. The molecule has 0 saturated carbocycles. The van der Waals surface area contributed by atoms with Crippen LogP contribution in [-0.2, 0) is 0 Å². The molecule has 5 heteroatoms. The number of nitrogen functional groups attached to an aromatic ring is 1. The van der Waals surface area contributed by atoms with E-state index in [1.807, 2.05) is 20.8 Å². The van der Waals surface area contributed by atoms with E-state index in [0.29, 0.717) is 11.4 Å². The lowest BCUT2D eigenvalue weighted by Gasteiger charge is -2.26. The first-order chi connectivity index (χ1) is 6.73. The molecule has 5 N–H and O–H groups in total. The molecule has 0 spiro atoms. The highest BCUT2D eigenvalue weighted by atomic mass is 16.1. The van der Waals surface area contributed by atoms with E-state index in [-0.39, 0.29) is 22.8 Å². The zero-order valence-corrected chi connectivity index (χ0v) is 9.59. The second-order valence-electron chi connectivity index (χ2n) is 4.81.